The third-order valence-electron chi connectivity index (χ3n) is 5.63. The first-order chi connectivity index (χ1) is 17.1. The second kappa shape index (κ2) is 9.60. The Labute approximate surface area is 206 Å². The van der Waals surface area contributed by atoms with E-state index in [0.717, 1.165) is 28.6 Å². The number of carbonyl (C=O) groups is 1. The Morgan fingerprint density at radius 1 is 1.11 bits per heavy atom. The van der Waals surface area contributed by atoms with Crippen molar-refractivity contribution in [1.82, 2.24) is 20.2 Å². The second-order valence-electron chi connectivity index (χ2n) is 7.93. The normalized spacial score (nSPS) is 11.1. The zero-order valence-corrected chi connectivity index (χ0v) is 19.9. The van der Waals surface area contributed by atoms with Gasteiger partial charge in [0.25, 0.3) is 5.91 Å². The van der Waals surface area contributed by atoms with Crippen molar-refractivity contribution in [2.24, 2.45) is 0 Å². The van der Waals surface area contributed by atoms with Gasteiger partial charge in [0.05, 0.1) is 34.6 Å². The molecular formula is C26H22ClN5O3. The van der Waals surface area contributed by atoms with E-state index in [1.807, 2.05) is 55.5 Å². The molecular weight excluding hydrogens is 466 g/mol. The van der Waals surface area contributed by atoms with Crippen molar-refractivity contribution in [3.63, 3.8) is 0 Å². The molecule has 5 aromatic rings. The number of methoxy groups -OCH3 is 1. The predicted molar refractivity (Wildman–Crippen MR) is 134 cm³/mol. The van der Waals surface area contributed by atoms with E-state index in [9.17, 15) is 4.79 Å². The Kier molecular flexibility index (Phi) is 6.20. The number of fused-ring (bicyclic) bond motifs is 1. The van der Waals surface area contributed by atoms with Crippen LogP contribution in [0, 0.1) is 0 Å². The minimum absolute atomic E-state index is 0.236. The van der Waals surface area contributed by atoms with Crippen LogP contribution in [-0.2, 0) is 6.42 Å². The molecule has 0 spiro atoms. The molecule has 0 saturated carbocycles. The van der Waals surface area contributed by atoms with Crippen LogP contribution in [0.3, 0.4) is 0 Å². The maximum Gasteiger partial charge on any atom is 0.278 e. The minimum atomic E-state index is -0.397. The van der Waals surface area contributed by atoms with E-state index < -0.39 is 5.91 Å². The first-order valence-corrected chi connectivity index (χ1v) is 11.5. The van der Waals surface area contributed by atoms with E-state index in [1.165, 1.54) is 0 Å². The number of ether oxygens (including phenoxy) is 1. The molecule has 0 aliphatic heterocycles. The summed E-state index contributed by atoms with van der Waals surface area (Å²) in [6.07, 6.45) is 1.41. The molecule has 0 radical (unpaired) electrons. The van der Waals surface area contributed by atoms with Gasteiger partial charge in [0.15, 0.2) is 11.5 Å². The lowest BCUT2D eigenvalue weighted by atomic mass is 10.1. The number of benzene rings is 3. The molecule has 35 heavy (non-hydrogen) atoms. The van der Waals surface area contributed by atoms with E-state index in [1.54, 1.807) is 30.0 Å². The number of hydrogen-bond donors (Lipinski definition) is 1. The number of carbonyl (C=O) groups excluding carboxylic acids is 1. The lowest BCUT2D eigenvalue weighted by molar-refractivity contribution is 0.102. The van der Waals surface area contributed by atoms with Gasteiger partial charge in [-0.2, -0.15) is 0 Å². The molecule has 1 amide bonds. The molecule has 2 aromatic heterocycles. The number of anilines is 1. The summed E-state index contributed by atoms with van der Waals surface area (Å²) in [6.45, 7) is 2.04. The van der Waals surface area contributed by atoms with Gasteiger partial charge in [-0.05, 0) is 36.8 Å². The zero-order chi connectivity index (χ0) is 24.4. The van der Waals surface area contributed by atoms with Crippen molar-refractivity contribution in [1.29, 1.82) is 0 Å². The van der Waals surface area contributed by atoms with Gasteiger partial charge in [-0.1, -0.05) is 65.6 Å². The highest BCUT2D eigenvalue weighted by Crippen LogP contribution is 2.31. The van der Waals surface area contributed by atoms with Crippen LogP contribution in [0.1, 0.15) is 29.5 Å². The van der Waals surface area contributed by atoms with Crippen LogP contribution in [0.5, 0.6) is 5.75 Å². The van der Waals surface area contributed by atoms with Gasteiger partial charge >= 0.3 is 0 Å². The summed E-state index contributed by atoms with van der Waals surface area (Å²) in [6, 6.07) is 20.5. The van der Waals surface area contributed by atoms with E-state index >= 15 is 0 Å². The minimum Gasteiger partial charge on any atom is -0.497 e. The maximum atomic E-state index is 13.2. The van der Waals surface area contributed by atoms with Crippen molar-refractivity contribution in [2.75, 3.05) is 12.4 Å². The summed E-state index contributed by atoms with van der Waals surface area (Å²) in [5, 5.41) is 16.8. The molecule has 3 aromatic carbocycles. The number of halogens is 1. The third kappa shape index (κ3) is 4.36. The van der Waals surface area contributed by atoms with Crippen LogP contribution >= 0.6 is 11.6 Å². The predicted octanol–water partition coefficient (Wildman–Crippen LogP) is 5.94. The van der Waals surface area contributed by atoms with Gasteiger partial charge in [0.1, 0.15) is 11.3 Å². The molecule has 0 bridgehead atoms. The largest absolute Gasteiger partial charge is 0.497 e. The van der Waals surface area contributed by atoms with Crippen molar-refractivity contribution in [2.45, 2.75) is 19.8 Å². The molecule has 0 atom stereocenters. The van der Waals surface area contributed by atoms with Crippen LogP contribution < -0.4 is 10.1 Å². The van der Waals surface area contributed by atoms with Gasteiger partial charge in [0, 0.05) is 11.6 Å². The average Bonchev–Trinajstić information content (AvgIpc) is 3.50. The molecule has 1 N–H and O–H groups in total. The lowest BCUT2D eigenvalue weighted by Crippen LogP contribution is -2.16. The fraction of sp³-hybridized carbons (Fsp3) is 0.154. The standard InChI is InChI=1S/C26H22ClN5O3/c1-3-7-23-24(26(33)28-22-15-18(34-2)11-12-20(22)27)29-31-32(23)17-10-13-21-19(14-17)25(35-30-21)16-8-5-4-6-9-16/h4-6,8-15H,3,7H2,1-2H3,(H,28,33). The SMILES string of the molecule is CCCc1c(C(=O)Nc2cc(OC)ccc2Cl)nnn1-c1ccc2noc(-c3ccccc3)c2c1. The Bertz CT molecular complexity index is 1510. The van der Waals surface area contributed by atoms with Gasteiger partial charge in [-0.15, -0.1) is 5.10 Å². The summed E-state index contributed by atoms with van der Waals surface area (Å²) in [5.41, 5.74) is 3.78. The fourth-order valence-electron chi connectivity index (χ4n) is 3.91. The van der Waals surface area contributed by atoms with E-state index in [4.69, 9.17) is 20.9 Å². The summed E-state index contributed by atoms with van der Waals surface area (Å²) in [5.74, 6) is 0.856. The average molecular weight is 488 g/mol. The Balaban J connectivity index is 1.53. The molecule has 0 saturated heterocycles. The molecule has 9 heteroatoms. The molecule has 0 unspecified atom stereocenters. The van der Waals surface area contributed by atoms with Crippen molar-refractivity contribution < 1.29 is 14.1 Å². The van der Waals surface area contributed by atoms with Crippen molar-refractivity contribution >= 4 is 34.1 Å². The van der Waals surface area contributed by atoms with Crippen molar-refractivity contribution in [3.8, 4) is 22.8 Å². The Morgan fingerprint density at radius 3 is 2.71 bits per heavy atom. The lowest BCUT2D eigenvalue weighted by Gasteiger charge is -2.10. The van der Waals surface area contributed by atoms with Gasteiger partial charge in [-0.25, -0.2) is 4.68 Å². The molecule has 5 rings (SSSR count). The second-order valence-corrected chi connectivity index (χ2v) is 8.33. The molecule has 0 aliphatic rings. The topological polar surface area (TPSA) is 95.1 Å². The highest BCUT2D eigenvalue weighted by atomic mass is 35.5. The number of amides is 1. The fourth-order valence-corrected chi connectivity index (χ4v) is 4.08. The van der Waals surface area contributed by atoms with Gasteiger partial charge in [-0.3, -0.25) is 4.79 Å². The number of nitrogens with zero attached hydrogens (tertiary/aromatic N) is 4. The number of rotatable bonds is 7. The molecule has 0 fully saturated rings. The number of aromatic nitrogens is 4. The highest BCUT2D eigenvalue weighted by Gasteiger charge is 2.22. The first-order valence-electron chi connectivity index (χ1n) is 11.1. The van der Waals surface area contributed by atoms with Crippen LogP contribution in [0.4, 0.5) is 5.69 Å². The Hall–Kier alpha value is -4.17. The van der Waals surface area contributed by atoms with E-state index in [2.05, 4.69) is 20.8 Å². The van der Waals surface area contributed by atoms with E-state index in [0.29, 0.717) is 34.3 Å². The monoisotopic (exact) mass is 487 g/mol. The zero-order valence-electron chi connectivity index (χ0n) is 19.2. The van der Waals surface area contributed by atoms with Gasteiger partial charge in [0.2, 0.25) is 0 Å². The molecule has 2 heterocycles. The first kappa shape index (κ1) is 22.6. The molecule has 0 aliphatic carbocycles. The third-order valence-corrected chi connectivity index (χ3v) is 5.96. The molecule has 176 valence electrons. The summed E-state index contributed by atoms with van der Waals surface area (Å²) >= 11 is 6.27. The van der Waals surface area contributed by atoms with E-state index in [-0.39, 0.29) is 5.69 Å². The quantitative estimate of drug-likeness (QED) is 0.305. The summed E-state index contributed by atoms with van der Waals surface area (Å²) < 4.78 is 12.6. The summed E-state index contributed by atoms with van der Waals surface area (Å²) in [4.78, 5) is 13.2. The summed E-state index contributed by atoms with van der Waals surface area (Å²) in [7, 11) is 1.55. The molecule has 8 nitrogen and oxygen atoms in total. The smallest absolute Gasteiger partial charge is 0.278 e. The number of hydrogen-bond acceptors (Lipinski definition) is 6. The van der Waals surface area contributed by atoms with Gasteiger partial charge < -0.3 is 14.6 Å². The van der Waals surface area contributed by atoms with Crippen LogP contribution in [0.2, 0.25) is 5.02 Å². The van der Waals surface area contributed by atoms with Crippen molar-refractivity contribution in [3.05, 3.63) is 83.1 Å². The van der Waals surface area contributed by atoms with Crippen LogP contribution in [0.25, 0.3) is 27.9 Å². The number of nitrogens with one attached hydrogen (secondary N) is 1. The van der Waals surface area contributed by atoms with Crippen LogP contribution in [0.15, 0.2) is 71.3 Å². The highest BCUT2D eigenvalue weighted by molar-refractivity contribution is 6.34. The van der Waals surface area contributed by atoms with Crippen LogP contribution in [-0.4, -0.2) is 33.2 Å². The maximum absolute atomic E-state index is 13.2. The Morgan fingerprint density at radius 2 is 1.94 bits per heavy atom.